The van der Waals surface area contributed by atoms with Crippen LogP contribution in [0.3, 0.4) is 0 Å². The smallest absolute Gasteiger partial charge is 0.264 e. The molecule has 0 saturated heterocycles. The Bertz CT molecular complexity index is 795. The van der Waals surface area contributed by atoms with Crippen LogP contribution in [-0.2, 0) is 17.6 Å². The van der Waals surface area contributed by atoms with Gasteiger partial charge in [-0.15, -0.1) is 11.3 Å². The molecule has 0 spiro atoms. The lowest BCUT2D eigenvalue weighted by Gasteiger charge is -2.19. The molecule has 0 saturated carbocycles. The fraction of sp³-hybridized carbons (Fsp3) is 0.429. The highest BCUT2D eigenvalue weighted by Gasteiger charge is 2.24. The highest BCUT2D eigenvalue weighted by Crippen LogP contribution is 2.33. The molecule has 1 aromatic carbocycles. The zero-order valence-corrected chi connectivity index (χ0v) is 16.5. The third-order valence-corrected chi connectivity index (χ3v) is 6.26. The average Bonchev–Trinajstić information content (AvgIpc) is 3.05. The van der Waals surface area contributed by atoms with Crippen LogP contribution in [0.15, 0.2) is 30.3 Å². The Hall–Kier alpha value is -2.14. The first-order valence-corrected chi connectivity index (χ1v) is 10.0. The lowest BCUT2D eigenvalue weighted by molar-refractivity contribution is -0.116. The van der Waals surface area contributed by atoms with Crippen LogP contribution in [0.1, 0.15) is 45.4 Å². The Kier molecular flexibility index (Phi) is 5.77. The zero-order valence-electron chi connectivity index (χ0n) is 15.7. The van der Waals surface area contributed by atoms with Gasteiger partial charge >= 0.3 is 0 Å². The van der Waals surface area contributed by atoms with E-state index < -0.39 is 0 Å². The standard InChI is InChI=1S/C21H26N2O2S/c1-4-15-7-10-18-16(11-15)12-19(26-18)21(25)23(3)13-20(24)22-17-8-5-14(2)6-9-17/h5-6,8-9,12,15H,4,7,10-11,13H2,1-3H3,(H,22,24)/t15-/m0/s1. The fourth-order valence-electron chi connectivity index (χ4n) is 3.37. The van der Waals surface area contributed by atoms with Crippen molar-refractivity contribution >= 4 is 28.8 Å². The number of carbonyl (C=O) groups excluding carboxylic acids is 2. The Morgan fingerprint density at radius 3 is 2.69 bits per heavy atom. The van der Waals surface area contributed by atoms with Crippen molar-refractivity contribution < 1.29 is 9.59 Å². The minimum atomic E-state index is -0.183. The third-order valence-electron chi connectivity index (χ3n) is 5.04. The van der Waals surface area contributed by atoms with E-state index in [1.54, 1.807) is 18.4 Å². The molecular weight excluding hydrogens is 344 g/mol. The van der Waals surface area contributed by atoms with Crippen molar-refractivity contribution in [1.82, 2.24) is 4.90 Å². The molecule has 5 heteroatoms. The summed E-state index contributed by atoms with van der Waals surface area (Å²) in [6, 6.07) is 9.67. The first kappa shape index (κ1) is 18.6. The summed E-state index contributed by atoms with van der Waals surface area (Å²) in [6.45, 7) is 4.28. The summed E-state index contributed by atoms with van der Waals surface area (Å²) in [5, 5.41) is 2.84. The summed E-state index contributed by atoms with van der Waals surface area (Å²) < 4.78 is 0. The first-order valence-electron chi connectivity index (χ1n) is 9.19. The molecule has 138 valence electrons. The lowest BCUT2D eigenvalue weighted by atomic mass is 9.87. The van der Waals surface area contributed by atoms with Crippen molar-refractivity contribution in [3.05, 3.63) is 51.2 Å². The van der Waals surface area contributed by atoms with Crippen molar-refractivity contribution in [3.63, 3.8) is 0 Å². The number of rotatable bonds is 5. The molecule has 1 aliphatic carbocycles. The van der Waals surface area contributed by atoms with Gasteiger partial charge in [0.25, 0.3) is 5.91 Å². The number of nitrogens with zero attached hydrogens (tertiary/aromatic N) is 1. The number of benzene rings is 1. The number of nitrogens with one attached hydrogen (secondary N) is 1. The quantitative estimate of drug-likeness (QED) is 0.854. The molecule has 26 heavy (non-hydrogen) atoms. The summed E-state index contributed by atoms with van der Waals surface area (Å²) in [6.07, 6.45) is 4.56. The summed E-state index contributed by atoms with van der Waals surface area (Å²) in [4.78, 5) is 28.5. The molecule has 0 fully saturated rings. The van der Waals surface area contributed by atoms with E-state index in [4.69, 9.17) is 0 Å². The lowest BCUT2D eigenvalue weighted by Crippen LogP contribution is -2.34. The number of aryl methyl sites for hydroxylation is 2. The second kappa shape index (κ2) is 8.04. The molecule has 1 atom stereocenters. The number of anilines is 1. The van der Waals surface area contributed by atoms with Crippen LogP contribution in [-0.4, -0.2) is 30.3 Å². The number of thiophene rings is 1. The van der Waals surface area contributed by atoms with Crippen LogP contribution < -0.4 is 5.32 Å². The molecule has 0 bridgehead atoms. The molecule has 4 nitrogen and oxygen atoms in total. The van der Waals surface area contributed by atoms with Crippen molar-refractivity contribution in [2.24, 2.45) is 5.92 Å². The van der Waals surface area contributed by atoms with Crippen LogP contribution >= 0.6 is 11.3 Å². The largest absolute Gasteiger partial charge is 0.332 e. The number of hydrogen-bond donors (Lipinski definition) is 1. The topological polar surface area (TPSA) is 49.4 Å². The number of carbonyl (C=O) groups is 2. The van der Waals surface area contributed by atoms with Gasteiger partial charge in [-0.1, -0.05) is 31.0 Å². The van der Waals surface area contributed by atoms with Crippen LogP contribution in [0.25, 0.3) is 0 Å². The van der Waals surface area contributed by atoms with Crippen molar-refractivity contribution in [1.29, 1.82) is 0 Å². The van der Waals surface area contributed by atoms with E-state index in [2.05, 4.69) is 12.2 Å². The maximum Gasteiger partial charge on any atom is 0.264 e. The van der Waals surface area contributed by atoms with Gasteiger partial charge in [-0.3, -0.25) is 9.59 Å². The highest BCUT2D eigenvalue weighted by molar-refractivity contribution is 7.14. The molecule has 3 rings (SSSR count). The number of likely N-dealkylation sites (N-methyl/N-ethyl adjacent to an activating group) is 1. The van der Waals surface area contributed by atoms with Gasteiger partial charge in [0, 0.05) is 17.6 Å². The second-order valence-electron chi connectivity index (χ2n) is 7.15. The van der Waals surface area contributed by atoms with Crippen molar-refractivity contribution in [2.75, 3.05) is 18.9 Å². The van der Waals surface area contributed by atoms with Crippen LogP contribution in [0.2, 0.25) is 0 Å². The van der Waals surface area contributed by atoms with Gasteiger partial charge in [0.15, 0.2) is 0 Å². The molecule has 0 radical (unpaired) electrons. The molecule has 2 amide bonds. The SMILES string of the molecule is CC[C@H]1CCc2sc(C(=O)N(C)CC(=O)Nc3ccc(C)cc3)cc2C1. The third kappa shape index (κ3) is 4.33. The Morgan fingerprint density at radius 2 is 2.00 bits per heavy atom. The molecule has 1 aromatic heterocycles. The molecule has 0 aliphatic heterocycles. The van der Waals surface area contributed by atoms with Gasteiger partial charge < -0.3 is 10.2 Å². The van der Waals surface area contributed by atoms with Crippen LogP contribution in [0.4, 0.5) is 5.69 Å². The van der Waals surface area contributed by atoms with Gasteiger partial charge in [-0.2, -0.15) is 0 Å². The Morgan fingerprint density at radius 1 is 1.27 bits per heavy atom. The van der Waals surface area contributed by atoms with Gasteiger partial charge in [0.1, 0.15) is 0 Å². The Labute approximate surface area is 159 Å². The summed E-state index contributed by atoms with van der Waals surface area (Å²) in [5.74, 6) is 0.478. The minimum Gasteiger partial charge on any atom is -0.332 e. The molecule has 1 N–H and O–H groups in total. The predicted molar refractivity (Wildman–Crippen MR) is 107 cm³/mol. The van der Waals surface area contributed by atoms with Gasteiger partial charge in [-0.05, 0) is 55.9 Å². The van der Waals surface area contributed by atoms with E-state index in [0.29, 0.717) is 0 Å². The molecule has 0 unspecified atom stereocenters. The molecule has 1 heterocycles. The van der Waals surface area contributed by atoms with Crippen molar-refractivity contribution in [2.45, 2.75) is 39.5 Å². The van der Waals surface area contributed by atoms with E-state index in [1.165, 1.54) is 28.2 Å². The van der Waals surface area contributed by atoms with Crippen LogP contribution in [0.5, 0.6) is 0 Å². The van der Waals surface area contributed by atoms with Crippen molar-refractivity contribution in [3.8, 4) is 0 Å². The van der Waals surface area contributed by atoms with E-state index in [9.17, 15) is 9.59 Å². The second-order valence-corrected chi connectivity index (χ2v) is 8.29. The maximum atomic E-state index is 12.7. The van der Waals surface area contributed by atoms with Gasteiger partial charge in [0.2, 0.25) is 5.91 Å². The molecule has 1 aliphatic rings. The maximum absolute atomic E-state index is 12.7. The monoisotopic (exact) mass is 370 g/mol. The normalized spacial score (nSPS) is 16.0. The number of amides is 2. The number of fused-ring (bicyclic) bond motifs is 1. The summed E-state index contributed by atoms with van der Waals surface area (Å²) in [7, 11) is 1.69. The highest BCUT2D eigenvalue weighted by atomic mass is 32.1. The van der Waals surface area contributed by atoms with Crippen LogP contribution in [0, 0.1) is 12.8 Å². The van der Waals surface area contributed by atoms with Gasteiger partial charge in [0.05, 0.1) is 11.4 Å². The van der Waals surface area contributed by atoms with E-state index in [1.807, 2.05) is 37.3 Å². The average molecular weight is 371 g/mol. The van der Waals surface area contributed by atoms with E-state index in [0.717, 1.165) is 34.9 Å². The van der Waals surface area contributed by atoms with E-state index >= 15 is 0 Å². The van der Waals surface area contributed by atoms with E-state index in [-0.39, 0.29) is 18.4 Å². The number of hydrogen-bond acceptors (Lipinski definition) is 3. The summed E-state index contributed by atoms with van der Waals surface area (Å²) >= 11 is 1.59. The minimum absolute atomic E-state index is 0.0485. The fourth-order valence-corrected chi connectivity index (χ4v) is 4.57. The first-order chi connectivity index (χ1) is 12.5. The Balaban J connectivity index is 1.60. The zero-order chi connectivity index (χ0) is 18.7. The molecule has 2 aromatic rings. The summed E-state index contributed by atoms with van der Waals surface area (Å²) in [5.41, 5.74) is 3.22. The molecular formula is C21H26N2O2S. The predicted octanol–water partition coefficient (Wildman–Crippen LogP) is 4.28. The van der Waals surface area contributed by atoms with Gasteiger partial charge in [-0.25, -0.2) is 0 Å².